The molecule has 0 saturated carbocycles. The van der Waals surface area contributed by atoms with Crippen molar-refractivity contribution in [2.45, 2.75) is 18.4 Å². The highest BCUT2D eigenvalue weighted by Crippen LogP contribution is 2.23. The zero-order valence-corrected chi connectivity index (χ0v) is 18.1. The predicted octanol–water partition coefficient (Wildman–Crippen LogP) is 2.32. The molecule has 0 atom stereocenters. The Morgan fingerprint density at radius 2 is 1.87 bits per heavy atom. The summed E-state index contributed by atoms with van der Waals surface area (Å²) >= 11 is 1.08. The van der Waals surface area contributed by atoms with Crippen molar-refractivity contribution in [1.29, 1.82) is 0 Å². The Labute approximate surface area is 180 Å². The number of hydrogen-bond donors (Lipinski definition) is 0. The fourth-order valence-electron chi connectivity index (χ4n) is 2.74. The van der Waals surface area contributed by atoms with Gasteiger partial charge in [0.15, 0.2) is 14.6 Å². The van der Waals surface area contributed by atoms with Gasteiger partial charge in [-0.3, -0.25) is 19.7 Å². The molecule has 1 heterocycles. The molecule has 10 nitrogen and oxygen atoms in total. The Hall–Kier alpha value is -3.38. The van der Waals surface area contributed by atoms with E-state index < -0.39 is 26.6 Å². The van der Waals surface area contributed by atoms with Crippen LogP contribution in [0.15, 0.2) is 52.4 Å². The van der Waals surface area contributed by atoms with Gasteiger partial charge in [0.25, 0.3) is 11.6 Å². The van der Waals surface area contributed by atoms with Crippen LogP contribution >= 0.6 is 11.3 Å². The number of amides is 1. The first-order chi connectivity index (χ1) is 14.6. The number of nitro benzene ring substituents is 1. The highest BCUT2D eigenvalue weighted by molar-refractivity contribution is 7.90. The van der Waals surface area contributed by atoms with Crippen molar-refractivity contribution in [2.24, 2.45) is 4.99 Å². The van der Waals surface area contributed by atoms with E-state index in [1.807, 2.05) is 0 Å². The standard InChI is InChI=1S/C19H17N3O7S2/c1-3-29-17(23)11-21-15-10-13(22(25)26)6-9-16(15)30-19(21)20-18(24)12-4-7-14(8-5-12)31(2,27)28/h4-10H,3,11H2,1-2H3. The van der Waals surface area contributed by atoms with E-state index >= 15 is 0 Å². The van der Waals surface area contributed by atoms with Gasteiger partial charge in [0, 0.05) is 24.0 Å². The van der Waals surface area contributed by atoms with Gasteiger partial charge < -0.3 is 9.30 Å². The average molecular weight is 463 g/mol. The van der Waals surface area contributed by atoms with E-state index in [1.54, 1.807) is 6.92 Å². The maximum absolute atomic E-state index is 12.6. The Morgan fingerprint density at radius 1 is 1.19 bits per heavy atom. The number of benzene rings is 2. The molecule has 0 fully saturated rings. The Balaban J connectivity index is 2.10. The summed E-state index contributed by atoms with van der Waals surface area (Å²) in [5.74, 6) is -1.24. The van der Waals surface area contributed by atoms with E-state index in [9.17, 15) is 28.1 Å². The normalized spacial score (nSPS) is 12.1. The lowest BCUT2D eigenvalue weighted by Gasteiger charge is -2.05. The van der Waals surface area contributed by atoms with E-state index in [-0.39, 0.29) is 34.1 Å². The number of hydrogen-bond acceptors (Lipinski definition) is 8. The molecular formula is C19H17N3O7S2. The second kappa shape index (κ2) is 8.78. The van der Waals surface area contributed by atoms with E-state index in [1.165, 1.54) is 47.0 Å². The number of esters is 1. The fraction of sp³-hybridized carbons (Fsp3) is 0.211. The van der Waals surface area contributed by atoms with E-state index in [4.69, 9.17) is 4.74 Å². The van der Waals surface area contributed by atoms with E-state index in [0.717, 1.165) is 17.6 Å². The highest BCUT2D eigenvalue weighted by Gasteiger charge is 2.16. The number of carbonyl (C=O) groups excluding carboxylic acids is 2. The molecule has 12 heteroatoms. The molecule has 0 bridgehead atoms. The monoisotopic (exact) mass is 463 g/mol. The third-order valence-electron chi connectivity index (χ3n) is 4.20. The van der Waals surface area contributed by atoms with Crippen molar-refractivity contribution in [3.63, 3.8) is 0 Å². The molecule has 0 aliphatic heterocycles. The Bertz CT molecular complexity index is 1350. The number of ether oxygens (including phenoxy) is 1. The molecule has 0 unspecified atom stereocenters. The molecule has 162 valence electrons. The first-order valence-corrected chi connectivity index (χ1v) is 11.6. The number of nitrogens with zero attached hydrogens (tertiary/aromatic N) is 3. The fourth-order valence-corrected chi connectivity index (χ4v) is 4.38. The van der Waals surface area contributed by atoms with Crippen molar-refractivity contribution in [1.82, 2.24) is 4.57 Å². The molecular weight excluding hydrogens is 446 g/mol. The van der Waals surface area contributed by atoms with Crippen LogP contribution in [0.3, 0.4) is 0 Å². The lowest BCUT2D eigenvalue weighted by atomic mass is 10.2. The molecule has 0 spiro atoms. The van der Waals surface area contributed by atoms with Gasteiger partial charge >= 0.3 is 5.97 Å². The number of nitro groups is 1. The smallest absolute Gasteiger partial charge is 0.326 e. The van der Waals surface area contributed by atoms with Crippen molar-refractivity contribution in [2.75, 3.05) is 12.9 Å². The van der Waals surface area contributed by atoms with Crippen LogP contribution in [-0.2, 0) is 25.9 Å². The number of thiazole rings is 1. The number of carbonyl (C=O) groups is 2. The molecule has 1 aromatic heterocycles. The average Bonchev–Trinajstić information content (AvgIpc) is 3.03. The summed E-state index contributed by atoms with van der Waals surface area (Å²) in [5, 5.41) is 11.1. The van der Waals surface area contributed by atoms with Gasteiger partial charge in [-0.1, -0.05) is 11.3 Å². The zero-order chi connectivity index (χ0) is 22.8. The van der Waals surface area contributed by atoms with Crippen LogP contribution < -0.4 is 4.80 Å². The minimum absolute atomic E-state index is 0.0654. The van der Waals surface area contributed by atoms with Gasteiger partial charge in [-0.15, -0.1) is 0 Å². The number of fused-ring (bicyclic) bond motifs is 1. The summed E-state index contributed by atoms with van der Waals surface area (Å²) in [4.78, 5) is 39.6. The molecule has 3 aromatic rings. The Morgan fingerprint density at radius 3 is 2.45 bits per heavy atom. The topological polar surface area (TPSA) is 138 Å². The zero-order valence-electron chi connectivity index (χ0n) is 16.5. The SMILES string of the molecule is CCOC(=O)Cn1c(=NC(=O)c2ccc(S(C)(=O)=O)cc2)sc2ccc([N+](=O)[O-])cc21. The van der Waals surface area contributed by atoms with Crippen LogP contribution in [0.5, 0.6) is 0 Å². The molecule has 0 saturated heterocycles. The van der Waals surface area contributed by atoms with Gasteiger partial charge in [-0.2, -0.15) is 4.99 Å². The lowest BCUT2D eigenvalue weighted by molar-refractivity contribution is -0.384. The molecule has 1 amide bonds. The maximum Gasteiger partial charge on any atom is 0.326 e. The van der Waals surface area contributed by atoms with Crippen molar-refractivity contribution < 1.29 is 27.7 Å². The quantitative estimate of drug-likeness (QED) is 0.311. The summed E-state index contributed by atoms with van der Waals surface area (Å²) in [6, 6.07) is 9.44. The number of non-ortho nitro benzene ring substituents is 1. The number of sulfone groups is 1. The largest absolute Gasteiger partial charge is 0.465 e. The second-order valence-electron chi connectivity index (χ2n) is 6.40. The first kappa shape index (κ1) is 22.3. The number of aromatic nitrogens is 1. The van der Waals surface area contributed by atoms with Gasteiger partial charge in [-0.05, 0) is 37.3 Å². The first-order valence-electron chi connectivity index (χ1n) is 8.92. The number of rotatable bonds is 6. The molecule has 0 N–H and O–H groups in total. The minimum Gasteiger partial charge on any atom is -0.465 e. The lowest BCUT2D eigenvalue weighted by Crippen LogP contribution is -2.23. The van der Waals surface area contributed by atoms with Gasteiger partial charge in [0.1, 0.15) is 6.54 Å². The molecule has 0 aliphatic rings. The van der Waals surface area contributed by atoms with Gasteiger partial charge in [0.05, 0.1) is 26.6 Å². The van der Waals surface area contributed by atoms with Gasteiger partial charge in [0.2, 0.25) is 0 Å². The van der Waals surface area contributed by atoms with Crippen LogP contribution in [0.1, 0.15) is 17.3 Å². The summed E-state index contributed by atoms with van der Waals surface area (Å²) in [5.41, 5.74) is 0.349. The predicted molar refractivity (Wildman–Crippen MR) is 113 cm³/mol. The molecule has 3 rings (SSSR count). The van der Waals surface area contributed by atoms with Crippen LogP contribution in [0.2, 0.25) is 0 Å². The molecule has 2 aromatic carbocycles. The molecule has 0 radical (unpaired) electrons. The van der Waals surface area contributed by atoms with Crippen molar-refractivity contribution in [3.8, 4) is 0 Å². The summed E-state index contributed by atoms with van der Waals surface area (Å²) in [7, 11) is -3.41. The highest BCUT2D eigenvalue weighted by atomic mass is 32.2. The Kier molecular flexibility index (Phi) is 6.32. The summed E-state index contributed by atoms with van der Waals surface area (Å²) in [6.45, 7) is 1.52. The third-order valence-corrected chi connectivity index (χ3v) is 6.38. The van der Waals surface area contributed by atoms with E-state index in [2.05, 4.69) is 4.99 Å². The molecule has 0 aliphatic carbocycles. The summed E-state index contributed by atoms with van der Waals surface area (Å²) in [6.07, 6.45) is 1.06. The molecule has 31 heavy (non-hydrogen) atoms. The van der Waals surface area contributed by atoms with E-state index in [0.29, 0.717) is 10.2 Å². The van der Waals surface area contributed by atoms with Crippen molar-refractivity contribution in [3.05, 3.63) is 62.9 Å². The van der Waals surface area contributed by atoms with Crippen molar-refractivity contribution >= 4 is 49.0 Å². The van der Waals surface area contributed by atoms with Crippen LogP contribution in [0.4, 0.5) is 5.69 Å². The third kappa shape index (κ3) is 5.03. The van der Waals surface area contributed by atoms with Crippen LogP contribution in [0.25, 0.3) is 10.2 Å². The maximum atomic E-state index is 12.6. The minimum atomic E-state index is -3.41. The van der Waals surface area contributed by atoms with Crippen LogP contribution in [-0.4, -0.2) is 42.6 Å². The second-order valence-corrected chi connectivity index (χ2v) is 9.42. The van der Waals surface area contributed by atoms with Crippen LogP contribution in [0, 0.1) is 10.1 Å². The summed E-state index contributed by atoms with van der Waals surface area (Å²) < 4.78 is 30.1. The van der Waals surface area contributed by atoms with Gasteiger partial charge in [-0.25, -0.2) is 8.42 Å².